The maximum absolute atomic E-state index is 10.0. The maximum atomic E-state index is 10.0. The van der Waals surface area contributed by atoms with Gasteiger partial charge in [0.15, 0.2) is 0 Å². The summed E-state index contributed by atoms with van der Waals surface area (Å²) in [4.78, 5) is 0. The lowest BCUT2D eigenvalue weighted by Gasteiger charge is -2.01. The molecule has 0 aromatic heterocycles. The zero-order valence-electron chi connectivity index (χ0n) is 4.90. The highest BCUT2D eigenvalue weighted by atomic mass is 16.3. The molecule has 41 valence electrons. The Morgan fingerprint density at radius 1 is 1.86 bits per heavy atom. The van der Waals surface area contributed by atoms with Gasteiger partial charge in [0, 0.05) is 5.92 Å². The minimum absolute atomic E-state index is 0.0324. The van der Waals surface area contributed by atoms with Gasteiger partial charge in [0.05, 0.1) is 6.61 Å². The average Bonchev–Trinajstić information content (AvgIpc) is 1.65. The molecule has 0 aliphatic carbocycles. The first-order valence-corrected chi connectivity index (χ1v) is 2.42. The first-order chi connectivity index (χ1) is 3.18. The van der Waals surface area contributed by atoms with Gasteiger partial charge in [-0.3, -0.25) is 0 Å². The lowest BCUT2D eigenvalue weighted by atomic mass is 10.1. The van der Waals surface area contributed by atoms with E-state index < -0.39 is 0 Å². The molecule has 0 aliphatic rings. The van der Waals surface area contributed by atoms with Crippen molar-refractivity contribution in [3.63, 3.8) is 0 Å². The largest absolute Gasteiger partial charge is 0.236 e. The highest BCUT2D eigenvalue weighted by Crippen LogP contribution is 2.03. The van der Waals surface area contributed by atoms with Gasteiger partial charge in [0.2, 0.25) is 0 Å². The molecule has 0 rings (SSSR count). The quantitative estimate of drug-likeness (QED) is 0.469. The van der Waals surface area contributed by atoms with Crippen molar-refractivity contribution in [2.24, 2.45) is 5.92 Å². The van der Waals surface area contributed by atoms with E-state index in [1.165, 1.54) is 0 Å². The lowest BCUT2D eigenvalue weighted by molar-refractivity contribution is 0.164. The maximum Gasteiger partial charge on any atom is 0.0884 e. The van der Waals surface area contributed by atoms with Gasteiger partial charge < -0.3 is 0 Å². The van der Waals surface area contributed by atoms with Crippen LogP contribution in [0.4, 0.5) is 0 Å². The summed E-state index contributed by atoms with van der Waals surface area (Å²) in [6.07, 6.45) is 0. The van der Waals surface area contributed by atoms with E-state index in [0.717, 1.165) is 5.57 Å². The van der Waals surface area contributed by atoms with Gasteiger partial charge >= 0.3 is 0 Å². The van der Waals surface area contributed by atoms with E-state index in [4.69, 9.17) is 0 Å². The molecule has 0 amide bonds. The SMILES string of the molecule is C=C(C)C(C)C[O]. The summed E-state index contributed by atoms with van der Waals surface area (Å²) in [7, 11) is 0. The van der Waals surface area contributed by atoms with Gasteiger partial charge in [-0.25, -0.2) is 5.11 Å². The summed E-state index contributed by atoms with van der Waals surface area (Å²) in [5.41, 5.74) is 0.981. The Labute approximate surface area is 44.7 Å². The molecule has 0 saturated carbocycles. The van der Waals surface area contributed by atoms with Crippen LogP contribution in [0.5, 0.6) is 0 Å². The van der Waals surface area contributed by atoms with Crippen molar-refractivity contribution < 1.29 is 5.11 Å². The molecule has 0 N–H and O–H groups in total. The fraction of sp³-hybridized carbons (Fsp3) is 0.667. The van der Waals surface area contributed by atoms with Crippen LogP contribution in [0.1, 0.15) is 13.8 Å². The molecule has 0 aromatic carbocycles. The van der Waals surface area contributed by atoms with Gasteiger partial charge in [0.25, 0.3) is 0 Å². The van der Waals surface area contributed by atoms with Gasteiger partial charge in [-0.05, 0) is 6.92 Å². The van der Waals surface area contributed by atoms with E-state index in [0.29, 0.717) is 0 Å². The molecular weight excluding hydrogens is 88.1 g/mol. The Morgan fingerprint density at radius 2 is 2.29 bits per heavy atom. The van der Waals surface area contributed by atoms with Crippen molar-refractivity contribution >= 4 is 0 Å². The molecule has 0 fully saturated rings. The van der Waals surface area contributed by atoms with E-state index >= 15 is 0 Å². The zero-order valence-corrected chi connectivity index (χ0v) is 4.90. The van der Waals surface area contributed by atoms with E-state index in [1.807, 2.05) is 13.8 Å². The third-order valence-electron chi connectivity index (χ3n) is 1.09. The van der Waals surface area contributed by atoms with Crippen LogP contribution in [0.25, 0.3) is 0 Å². The molecule has 1 radical (unpaired) electrons. The van der Waals surface area contributed by atoms with Crippen molar-refractivity contribution in [1.29, 1.82) is 0 Å². The molecule has 0 aromatic rings. The molecule has 0 aliphatic heterocycles. The van der Waals surface area contributed by atoms with Crippen molar-refractivity contribution in [3.8, 4) is 0 Å². The van der Waals surface area contributed by atoms with Gasteiger partial charge in [-0.15, -0.1) is 0 Å². The predicted octanol–water partition coefficient (Wildman–Crippen LogP) is 1.63. The van der Waals surface area contributed by atoms with Crippen molar-refractivity contribution in [2.45, 2.75) is 13.8 Å². The Balaban J connectivity index is 3.34. The van der Waals surface area contributed by atoms with E-state index in [9.17, 15) is 5.11 Å². The van der Waals surface area contributed by atoms with E-state index in [-0.39, 0.29) is 12.5 Å². The fourth-order valence-electron chi connectivity index (χ4n) is 0.142. The summed E-state index contributed by atoms with van der Waals surface area (Å²) >= 11 is 0. The third kappa shape index (κ3) is 2.40. The summed E-state index contributed by atoms with van der Waals surface area (Å²) in [5, 5.41) is 10.0. The Bertz CT molecular complexity index is 66.6. The van der Waals surface area contributed by atoms with Crippen molar-refractivity contribution in [1.82, 2.24) is 0 Å². The average molecular weight is 99.2 g/mol. The molecule has 0 saturated heterocycles. The molecule has 1 unspecified atom stereocenters. The minimum Gasteiger partial charge on any atom is -0.236 e. The van der Waals surface area contributed by atoms with Crippen molar-refractivity contribution in [2.75, 3.05) is 6.61 Å². The Hall–Kier alpha value is -0.300. The second-order valence-electron chi connectivity index (χ2n) is 1.91. The summed E-state index contributed by atoms with van der Waals surface area (Å²) in [6, 6.07) is 0. The number of hydrogen-bond acceptors (Lipinski definition) is 0. The topological polar surface area (TPSA) is 19.9 Å². The zero-order chi connectivity index (χ0) is 5.86. The lowest BCUT2D eigenvalue weighted by Crippen LogP contribution is -1.98. The van der Waals surface area contributed by atoms with Crippen LogP contribution >= 0.6 is 0 Å². The normalized spacial score (nSPS) is 13.6. The standard InChI is InChI=1S/C6H11O/c1-5(2)6(3)4-7/h6H,1,4H2,2-3H3. The van der Waals surface area contributed by atoms with Crippen LogP contribution < -0.4 is 0 Å². The molecular formula is C6H11O. The highest BCUT2D eigenvalue weighted by molar-refractivity contribution is 4.92. The summed E-state index contributed by atoms with van der Waals surface area (Å²) in [5.74, 6) is 0.153. The molecule has 7 heavy (non-hydrogen) atoms. The number of rotatable bonds is 2. The monoisotopic (exact) mass is 99.1 g/mol. The van der Waals surface area contributed by atoms with Gasteiger partial charge in [0.1, 0.15) is 0 Å². The van der Waals surface area contributed by atoms with Crippen LogP contribution in [-0.2, 0) is 5.11 Å². The first kappa shape index (κ1) is 6.70. The van der Waals surface area contributed by atoms with E-state index in [1.54, 1.807) is 0 Å². The van der Waals surface area contributed by atoms with Crippen LogP contribution in [0.2, 0.25) is 0 Å². The molecule has 1 nitrogen and oxygen atoms in total. The van der Waals surface area contributed by atoms with Crippen LogP contribution in [-0.4, -0.2) is 6.61 Å². The van der Waals surface area contributed by atoms with Gasteiger partial charge in [-0.2, -0.15) is 0 Å². The van der Waals surface area contributed by atoms with Gasteiger partial charge in [-0.1, -0.05) is 19.1 Å². The highest BCUT2D eigenvalue weighted by Gasteiger charge is 1.97. The predicted molar refractivity (Wildman–Crippen MR) is 29.5 cm³/mol. The first-order valence-electron chi connectivity index (χ1n) is 2.42. The van der Waals surface area contributed by atoms with Crippen molar-refractivity contribution in [3.05, 3.63) is 12.2 Å². The smallest absolute Gasteiger partial charge is 0.0884 e. The molecule has 1 atom stereocenters. The molecule has 0 heterocycles. The third-order valence-corrected chi connectivity index (χ3v) is 1.09. The van der Waals surface area contributed by atoms with Crippen LogP contribution in [0, 0.1) is 5.92 Å². The second-order valence-corrected chi connectivity index (χ2v) is 1.91. The van der Waals surface area contributed by atoms with Crippen LogP contribution in [0.15, 0.2) is 12.2 Å². The summed E-state index contributed by atoms with van der Waals surface area (Å²) < 4.78 is 0. The number of hydrogen-bond donors (Lipinski definition) is 0. The molecule has 0 bridgehead atoms. The van der Waals surface area contributed by atoms with E-state index in [2.05, 4.69) is 6.58 Å². The Morgan fingerprint density at radius 3 is 2.29 bits per heavy atom. The molecule has 0 spiro atoms. The molecule has 1 heteroatoms. The fourth-order valence-corrected chi connectivity index (χ4v) is 0.142. The second kappa shape index (κ2) is 2.80. The minimum atomic E-state index is -0.0324. The Kier molecular flexibility index (Phi) is 2.68. The van der Waals surface area contributed by atoms with Crippen LogP contribution in [0.3, 0.4) is 0 Å². The summed E-state index contributed by atoms with van der Waals surface area (Å²) in [6.45, 7) is 7.36.